The van der Waals surface area contributed by atoms with E-state index in [1.54, 1.807) is 12.1 Å². The highest BCUT2D eigenvalue weighted by atomic mass is 19.1. The number of piperidine rings is 1. The van der Waals surface area contributed by atoms with Crippen molar-refractivity contribution >= 4 is 11.8 Å². The van der Waals surface area contributed by atoms with Gasteiger partial charge in [0.2, 0.25) is 11.8 Å². The van der Waals surface area contributed by atoms with Crippen LogP contribution in [0.4, 0.5) is 4.39 Å². The van der Waals surface area contributed by atoms with Gasteiger partial charge >= 0.3 is 0 Å². The summed E-state index contributed by atoms with van der Waals surface area (Å²) in [7, 11) is 4.27. The van der Waals surface area contributed by atoms with Crippen molar-refractivity contribution in [3.05, 3.63) is 35.6 Å². The van der Waals surface area contributed by atoms with Crippen molar-refractivity contribution in [2.45, 2.75) is 62.8 Å². The highest BCUT2D eigenvalue weighted by Gasteiger charge is 2.47. The second kappa shape index (κ2) is 10.3. The Balaban J connectivity index is 1.30. The fourth-order valence-electron chi connectivity index (χ4n) is 5.52. The first kappa shape index (κ1) is 23.1. The zero-order valence-corrected chi connectivity index (χ0v) is 19.2. The Labute approximate surface area is 190 Å². The minimum absolute atomic E-state index is 0.0192. The molecule has 1 aromatic carbocycles. The molecule has 3 heterocycles. The molecule has 176 valence electrons. The molecule has 32 heavy (non-hydrogen) atoms. The van der Waals surface area contributed by atoms with Gasteiger partial charge in [-0.2, -0.15) is 0 Å². The lowest BCUT2D eigenvalue weighted by molar-refractivity contribution is -0.127. The van der Waals surface area contributed by atoms with Crippen molar-refractivity contribution in [3.8, 4) is 0 Å². The van der Waals surface area contributed by atoms with E-state index < -0.39 is 0 Å². The van der Waals surface area contributed by atoms with Crippen LogP contribution >= 0.6 is 0 Å². The Hall–Kier alpha value is -2.03. The molecular formula is C24H36FN5O2. The molecule has 8 heteroatoms. The number of rotatable bonds is 6. The summed E-state index contributed by atoms with van der Waals surface area (Å²) in [6, 6.07) is 6.89. The van der Waals surface area contributed by atoms with Crippen LogP contribution in [0.5, 0.6) is 0 Å². The topological polar surface area (TPSA) is 67.9 Å². The maximum absolute atomic E-state index is 13.0. The van der Waals surface area contributed by atoms with Crippen molar-refractivity contribution in [2.24, 2.45) is 0 Å². The minimum atomic E-state index is -0.280. The van der Waals surface area contributed by atoms with Gasteiger partial charge in [0, 0.05) is 44.2 Å². The molecule has 2 N–H and O–H groups in total. The van der Waals surface area contributed by atoms with E-state index in [-0.39, 0.29) is 35.8 Å². The van der Waals surface area contributed by atoms with Crippen LogP contribution < -0.4 is 10.6 Å². The van der Waals surface area contributed by atoms with Crippen molar-refractivity contribution < 1.29 is 14.0 Å². The summed E-state index contributed by atoms with van der Waals surface area (Å²) >= 11 is 0. The summed E-state index contributed by atoms with van der Waals surface area (Å²) in [6.45, 7) is 4.12. The van der Waals surface area contributed by atoms with Crippen LogP contribution in [0.1, 0.15) is 37.7 Å². The number of carbonyl (C=O) groups is 2. The van der Waals surface area contributed by atoms with Gasteiger partial charge in [-0.05, 0) is 70.6 Å². The Bertz CT molecular complexity index is 796. The highest BCUT2D eigenvalue weighted by molar-refractivity contribution is 5.83. The normalized spacial score (nSPS) is 28.2. The quantitative estimate of drug-likeness (QED) is 0.689. The molecule has 7 nitrogen and oxygen atoms in total. The average Bonchev–Trinajstić information content (AvgIpc) is 3.19. The average molecular weight is 446 g/mol. The number of amides is 2. The molecule has 3 aliphatic heterocycles. The van der Waals surface area contributed by atoms with E-state index in [0.29, 0.717) is 32.0 Å². The molecule has 0 radical (unpaired) electrons. The van der Waals surface area contributed by atoms with Crippen LogP contribution in [0.3, 0.4) is 0 Å². The molecule has 0 bridgehead atoms. The number of likely N-dealkylation sites (N-methyl/N-ethyl adjacent to an activating group) is 1. The molecule has 4 rings (SSSR count). The zero-order chi connectivity index (χ0) is 22.7. The van der Waals surface area contributed by atoms with Crippen molar-refractivity contribution in [1.29, 1.82) is 0 Å². The molecule has 3 fully saturated rings. The maximum Gasteiger partial charge on any atom is 0.239 e. The number of likely N-dealkylation sites (tertiary alicyclic amines) is 2. The molecule has 3 atom stereocenters. The SMILES string of the molecule is CN1CCC(N2CC[C@H]3[C@H]2C(=O)NC[C@H](CCC(=O)NCc2ccc(F)cc2)N3C)CC1. The molecule has 3 aliphatic rings. The number of nitrogens with zero attached hydrogens (tertiary/aromatic N) is 3. The summed E-state index contributed by atoms with van der Waals surface area (Å²) in [5.74, 6) is -0.158. The van der Waals surface area contributed by atoms with Gasteiger partial charge in [0.1, 0.15) is 11.9 Å². The number of halogens is 1. The standard InChI is InChI=1S/C24H36FN5O2/c1-28-12-9-19(10-13-28)30-14-11-21-23(30)24(32)27-16-20(29(21)2)7-8-22(31)26-15-17-3-5-18(25)6-4-17/h3-6,19-21,23H,7-16H2,1-2H3,(H,26,31)(H,27,32)/t20-,21-,23-/m0/s1. The van der Waals surface area contributed by atoms with E-state index >= 15 is 0 Å². The van der Waals surface area contributed by atoms with Gasteiger partial charge in [0.15, 0.2) is 0 Å². The molecular weight excluding hydrogens is 409 g/mol. The van der Waals surface area contributed by atoms with E-state index in [1.165, 1.54) is 12.1 Å². The monoisotopic (exact) mass is 445 g/mol. The van der Waals surface area contributed by atoms with Gasteiger partial charge in [-0.25, -0.2) is 4.39 Å². The van der Waals surface area contributed by atoms with Gasteiger partial charge in [-0.3, -0.25) is 19.4 Å². The Morgan fingerprint density at radius 1 is 1.12 bits per heavy atom. The summed E-state index contributed by atoms with van der Waals surface area (Å²) in [5.41, 5.74) is 0.876. The van der Waals surface area contributed by atoms with Gasteiger partial charge in [-0.15, -0.1) is 0 Å². The number of hydrogen-bond donors (Lipinski definition) is 2. The number of hydrogen-bond acceptors (Lipinski definition) is 5. The third kappa shape index (κ3) is 5.30. The first-order valence-corrected chi connectivity index (χ1v) is 11.9. The number of carbonyl (C=O) groups excluding carboxylic acids is 2. The van der Waals surface area contributed by atoms with E-state index in [0.717, 1.165) is 44.5 Å². The lowest BCUT2D eigenvalue weighted by atomic mass is 10.0. The summed E-state index contributed by atoms with van der Waals surface area (Å²) in [6.07, 6.45) is 4.34. The molecule has 3 saturated heterocycles. The maximum atomic E-state index is 13.0. The van der Waals surface area contributed by atoms with Crippen molar-refractivity contribution in [2.75, 3.05) is 40.3 Å². The van der Waals surface area contributed by atoms with E-state index in [9.17, 15) is 14.0 Å². The summed E-state index contributed by atoms with van der Waals surface area (Å²) in [4.78, 5) is 32.6. The molecule has 0 aliphatic carbocycles. The van der Waals surface area contributed by atoms with E-state index in [2.05, 4.69) is 39.4 Å². The zero-order valence-electron chi connectivity index (χ0n) is 19.2. The molecule has 0 spiro atoms. The van der Waals surface area contributed by atoms with Crippen LogP contribution in [-0.2, 0) is 16.1 Å². The third-order valence-electron chi connectivity index (χ3n) is 7.55. The lowest BCUT2D eigenvalue weighted by Gasteiger charge is -2.39. The third-order valence-corrected chi connectivity index (χ3v) is 7.55. The summed E-state index contributed by atoms with van der Waals surface area (Å²) < 4.78 is 13.0. The first-order valence-electron chi connectivity index (χ1n) is 11.9. The first-order chi connectivity index (χ1) is 15.4. The van der Waals surface area contributed by atoms with E-state index in [1.807, 2.05) is 0 Å². The number of fused-ring (bicyclic) bond motifs is 1. The summed E-state index contributed by atoms with van der Waals surface area (Å²) in [5, 5.41) is 6.08. The number of benzene rings is 1. The smallest absolute Gasteiger partial charge is 0.239 e. The molecule has 0 saturated carbocycles. The van der Waals surface area contributed by atoms with Crippen LogP contribution in [0, 0.1) is 5.82 Å². The largest absolute Gasteiger partial charge is 0.353 e. The van der Waals surface area contributed by atoms with Gasteiger partial charge in [-0.1, -0.05) is 12.1 Å². The molecule has 0 unspecified atom stereocenters. The van der Waals surface area contributed by atoms with Gasteiger partial charge in [0.05, 0.1) is 0 Å². The second-order valence-electron chi connectivity index (χ2n) is 9.58. The van der Waals surface area contributed by atoms with Crippen LogP contribution in [0.2, 0.25) is 0 Å². The molecule has 0 aromatic heterocycles. The van der Waals surface area contributed by atoms with Gasteiger partial charge in [0.25, 0.3) is 0 Å². The lowest BCUT2D eigenvalue weighted by Crippen LogP contribution is -2.54. The fourth-order valence-corrected chi connectivity index (χ4v) is 5.52. The Kier molecular flexibility index (Phi) is 7.43. The second-order valence-corrected chi connectivity index (χ2v) is 9.58. The highest BCUT2D eigenvalue weighted by Crippen LogP contribution is 2.31. The van der Waals surface area contributed by atoms with Crippen LogP contribution in [0.25, 0.3) is 0 Å². The Morgan fingerprint density at radius 3 is 2.56 bits per heavy atom. The van der Waals surface area contributed by atoms with Crippen LogP contribution in [-0.4, -0.2) is 91.0 Å². The molecule has 1 aromatic rings. The minimum Gasteiger partial charge on any atom is -0.353 e. The Morgan fingerprint density at radius 2 is 1.84 bits per heavy atom. The predicted molar refractivity (Wildman–Crippen MR) is 121 cm³/mol. The van der Waals surface area contributed by atoms with Crippen molar-refractivity contribution in [3.63, 3.8) is 0 Å². The molecule has 2 amide bonds. The van der Waals surface area contributed by atoms with Crippen LogP contribution in [0.15, 0.2) is 24.3 Å². The fraction of sp³-hybridized carbons (Fsp3) is 0.667. The number of nitrogens with one attached hydrogen (secondary N) is 2. The predicted octanol–water partition coefficient (Wildman–Crippen LogP) is 1.19. The van der Waals surface area contributed by atoms with Crippen molar-refractivity contribution in [1.82, 2.24) is 25.3 Å². The van der Waals surface area contributed by atoms with Gasteiger partial charge < -0.3 is 15.5 Å². The van der Waals surface area contributed by atoms with E-state index in [4.69, 9.17) is 0 Å².